The molecule has 0 N–H and O–H groups in total. The Kier molecular flexibility index (Phi) is 9.05. The highest BCUT2D eigenvalue weighted by atomic mass is 79.9. The first kappa shape index (κ1) is 17.9. The molecule has 118 valence electrons. The smallest absolute Gasteiger partial charge is 0.175 e. The van der Waals surface area contributed by atoms with Crippen LogP contribution < -0.4 is 9.47 Å². The van der Waals surface area contributed by atoms with Gasteiger partial charge in [0.25, 0.3) is 0 Å². The Balaban J connectivity index is 2.51. The van der Waals surface area contributed by atoms with Crippen LogP contribution in [0, 0.1) is 0 Å². The molecule has 0 aliphatic carbocycles. The average molecular weight is 361 g/mol. The summed E-state index contributed by atoms with van der Waals surface area (Å²) in [7, 11) is 1.64. The van der Waals surface area contributed by atoms with Crippen LogP contribution in [0.15, 0.2) is 16.6 Å². The van der Waals surface area contributed by atoms with Gasteiger partial charge in [0.05, 0.1) is 30.9 Å². The summed E-state index contributed by atoms with van der Waals surface area (Å²) in [5.74, 6) is 1.17. The monoisotopic (exact) mass is 360 g/mol. The second-order valence-electron chi connectivity index (χ2n) is 4.19. The zero-order valence-corrected chi connectivity index (χ0v) is 14.0. The van der Waals surface area contributed by atoms with Crippen molar-refractivity contribution in [2.75, 3.05) is 40.1 Å². The molecule has 0 amide bonds. The van der Waals surface area contributed by atoms with Crippen LogP contribution in [0.1, 0.15) is 23.7 Å². The highest BCUT2D eigenvalue weighted by Crippen LogP contribution is 2.36. The molecule has 0 saturated carbocycles. The number of hydrogen-bond donors (Lipinski definition) is 0. The molecule has 1 rings (SSSR count). The van der Waals surface area contributed by atoms with Crippen LogP contribution in [0.25, 0.3) is 0 Å². The molecular weight excluding hydrogens is 340 g/mol. The highest BCUT2D eigenvalue weighted by molar-refractivity contribution is 9.10. The lowest BCUT2D eigenvalue weighted by Crippen LogP contribution is -2.08. The maximum atomic E-state index is 10.9. The van der Waals surface area contributed by atoms with E-state index in [9.17, 15) is 4.79 Å². The summed E-state index contributed by atoms with van der Waals surface area (Å²) in [6, 6.07) is 3.38. The Labute approximate surface area is 133 Å². The number of methoxy groups -OCH3 is 1. The molecule has 0 aliphatic heterocycles. The second kappa shape index (κ2) is 10.6. The molecule has 0 saturated heterocycles. The molecule has 0 aromatic heterocycles. The van der Waals surface area contributed by atoms with E-state index in [0.29, 0.717) is 54.6 Å². The Morgan fingerprint density at radius 3 is 2.62 bits per heavy atom. The third-order valence-electron chi connectivity index (χ3n) is 2.58. The maximum Gasteiger partial charge on any atom is 0.175 e. The first-order valence-electron chi connectivity index (χ1n) is 6.84. The number of hydrogen-bond acceptors (Lipinski definition) is 5. The molecule has 0 aliphatic rings. The summed E-state index contributed by atoms with van der Waals surface area (Å²) in [5, 5.41) is 0. The zero-order valence-electron chi connectivity index (χ0n) is 12.4. The van der Waals surface area contributed by atoms with Crippen molar-refractivity contribution in [1.82, 2.24) is 0 Å². The van der Waals surface area contributed by atoms with Gasteiger partial charge >= 0.3 is 0 Å². The van der Waals surface area contributed by atoms with Crippen molar-refractivity contribution in [1.29, 1.82) is 0 Å². The van der Waals surface area contributed by atoms with Gasteiger partial charge in [0.1, 0.15) is 6.29 Å². The van der Waals surface area contributed by atoms with Gasteiger partial charge in [-0.2, -0.15) is 0 Å². The summed E-state index contributed by atoms with van der Waals surface area (Å²) in [4.78, 5) is 10.9. The molecule has 0 radical (unpaired) electrons. The Bertz CT molecular complexity index is 436. The van der Waals surface area contributed by atoms with Gasteiger partial charge in [-0.3, -0.25) is 4.79 Å². The number of aldehydes is 1. The minimum Gasteiger partial charge on any atom is -0.490 e. The van der Waals surface area contributed by atoms with Crippen LogP contribution in [0.4, 0.5) is 0 Å². The van der Waals surface area contributed by atoms with E-state index in [0.717, 1.165) is 12.7 Å². The SMILES string of the molecule is CCOc1cc(C=O)cc(Br)c1OCCCOCCOC. The molecule has 1 aromatic carbocycles. The lowest BCUT2D eigenvalue weighted by Gasteiger charge is -2.14. The Morgan fingerprint density at radius 2 is 1.95 bits per heavy atom. The van der Waals surface area contributed by atoms with Gasteiger partial charge in [-0.1, -0.05) is 0 Å². The van der Waals surface area contributed by atoms with Gasteiger partial charge in [0.2, 0.25) is 0 Å². The summed E-state index contributed by atoms with van der Waals surface area (Å²) in [6.07, 6.45) is 1.54. The molecule has 0 unspecified atom stereocenters. The van der Waals surface area contributed by atoms with Crippen LogP contribution in [-0.4, -0.2) is 46.4 Å². The van der Waals surface area contributed by atoms with Crippen molar-refractivity contribution in [2.45, 2.75) is 13.3 Å². The molecule has 0 heterocycles. The predicted octanol–water partition coefficient (Wildman–Crippen LogP) is 3.09. The van der Waals surface area contributed by atoms with E-state index < -0.39 is 0 Å². The molecule has 0 atom stereocenters. The number of carbonyl (C=O) groups is 1. The van der Waals surface area contributed by atoms with E-state index in [4.69, 9.17) is 18.9 Å². The molecule has 1 aromatic rings. The Hall–Kier alpha value is -1.11. The standard InChI is InChI=1S/C15H21BrO5/c1-3-20-14-10-12(11-17)9-13(16)15(14)21-6-4-5-19-8-7-18-2/h9-11H,3-8H2,1-2H3. The fourth-order valence-corrected chi connectivity index (χ4v) is 2.21. The predicted molar refractivity (Wildman–Crippen MR) is 83.5 cm³/mol. The van der Waals surface area contributed by atoms with E-state index in [2.05, 4.69) is 15.9 Å². The molecule has 0 bridgehead atoms. The van der Waals surface area contributed by atoms with Crippen LogP contribution in [0.5, 0.6) is 11.5 Å². The zero-order chi connectivity index (χ0) is 15.5. The second-order valence-corrected chi connectivity index (χ2v) is 5.04. The fraction of sp³-hybridized carbons (Fsp3) is 0.533. The normalized spacial score (nSPS) is 10.4. The summed E-state index contributed by atoms with van der Waals surface area (Å²) < 4.78 is 22.2. The first-order chi connectivity index (χ1) is 10.2. The van der Waals surface area contributed by atoms with Gasteiger partial charge < -0.3 is 18.9 Å². The van der Waals surface area contributed by atoms with Crippen LogP contribution in [-0.2, 0) is 9.47 Å². The summed E-state index contributed by atoms with van der Waals surface area (Å²) in [5.41, 5.74) is 0.542. The fourth-order valence-electron chi connectivity index (χ4n) is 1.64. The Morgan fingerprint density at radius 1 is 1.14 bits per heavy atom. The molecule has 0 fully saturated rings. The lowest BCUT2D eigenvalue weighted by molar-refractivity contribution is 0.0642. The summed E-state index contributed by atoms with van der Waals surface area (Å²) in [6.45, 7) is 4.68. The number of rotatable bonds is 11. The van der Waals surface area contributed by atoms with Gasteiger partial charge in [0, 0.05) is 25.7 Å². The molecule has 0 spiro atoms. The molecule has 21 heavy (non-hydrogen) atoms. The third kappa shape index (κ3) is 6.46. The largest absolute Gasteiger partial charge is 0.490 e. The number of carbonyl (C=O) groups excluding carboxylic acids is 1. The summed E-state index contributed by atoms with van der Waals surface area (Å²) >= 11 is 3.40. The average Bonchev–Trinajstić information content (AvgIpc) is 2.48. The molecular formula is C15H21BrO5. The number of halogens is 1. The van der Waals surface area contributed by atoms with Crippen molar-refractivity contribution in [3.8, 4) is 11.5 Å². The minimum absolute atomic E-state index is 0.505. The van der Waals surface area contributed by atoms with Gasteiger partial charge in [-0.05, 0) is 35.0 Å². The van der Waals surface area contributed by atoms with Crippen molar-refractivity contribution in [2.24, 2.45) is 0 Å². The third-order valence-corrected chi connectivity index (χ3v) is 3.17. The topological polar surface area (TPSA) is 54.0 Å². The van der Waals surface area contributed by atoms with Crippen molar-refractivity contribution < 1.29 is 23.7 Å². The van der Waals surface area contributed by atoms with E-state index in [1.807, 2.05) is 6.92 Å². The molecule has 6 heteroatoms. The van der Waals surface area contributed by atoms with E-state index in [-0.39, 0.29) is 0 Å². The number of ether oxygens (including phenoxy) is 4. The van der Waals surface area contributed by atoms with Crippen LogP contribution in [0.3, 0.4) is 0 Å². The quantitative estimate of drug-likeness (QED) is 0.448. The van der Waals surface area contributed by atoms with Crippen molar-refractivity contribution in [3.63, 3.8) is 0 Å². The van der Waals surface area contributed by atoms with Gasteiger partial charge in [0.15, 0.2) is 11.5 Å². The highest BCUT2D eigenvalue weighted by Gasteiger charge is 2.12. The van der Waals surface area contributed by atoms with Crippen LogP contribution >= 0.6 is 15.9 Å². The van der Waals surface area contributed by atoms with Gasteiger partial charge in [-0.25, -0.2) is 0 Å². The van der Waals surface area contributed by atoms with Crippen LogP contribution in [0.2, 0.25) is 0 Å². The minimum atomic E-state index is 0.505. The van der Waals surface area contributed by atoms with Gasteiger partial charge in [-0.15, -0.1) is 0 Å². The van der Waals surface area contributed by atoms with E-state index in [1.54, 1.807) is 19.2 Å². The van der Waals surface area contributed by atoms with Crippen molar-refractivity contribution in [3.05, 3.63) is 22.2 Å². The maximum absolute atomic E-state index is 10.9. The van der Waals surface area contributed by atoms with Crippen molar-refractivity contribution >= 4 is 22.2 Å². The molecule has 5 nitrogen and oxygen atoms in total. The van der Waals surface area contributed by atoms with E-state index >= 15 is 0 Å². The lowest BCUT2D eigenvalue weighted by atomic mass is 10.2. The first-order valence-corrected chi connectivity index (χ1v) is 7.63. The number of benzene rings is 1. The van der Waals surface area contributed by atoms with E-state index in [1.165, 1.54) is 0 Å².